The molecule has 0 aromatic heterocycles. The minimum atomic E-state index is -0.304. The number of piperidine rings is 1. The fraction of sp³-hybridized carbons (Fsp3) is 0.571. The Bertz CT molecular complexity index is 430. The van der Waals surface area contributed by atoms with Crippen molar-refractivity contribution in [1.29, 1.82) is 0 Å². The number of halogens is 2. The Hall–Kier alpha value is -0.680. The molecule has 2 N–H and O–H groups in total. The number of hydrogen-bond acceptors (Lipinski definition) is 3. The van der Waals surface area contributed by atoms with Crippen molar-refractivity contribution in [3.8, 4) is 0 Å². The number of nitrogens with two attached hydrogens (primary N) is 1. The smallest absolute Gasteiger partial charge is 0.124 e. The molecule has 2 unspecified atom stereocenters. The molecule has 5 heteroatoms. The van der Waals surface area contributed by atoms with E-state index in [0.717, 1.165) is 24.9 Å². The van der Waals surface area contributed by atoms with Crippen molar-refractivity contribution in [2.24, 2.45) is 5.73 Å². The van der Waals surface area contributed by atoms with E-state index in [1.807, 2.05) is 0 Å². The van der Waals surface area contributed by atoms with Gasteiger partial charge in [0.2, 0.25) is 0 Å². The summed E-state index contributed by atoms with van der Waals surface area (Å²) in [6, 6.07) is 4.84. The first-order chi connectivity index (χ1) is 9.13. The summed E-state index contributed by atoms with van der Waals surface area (Å²) in [5.41, 5.74) is 6.78. The highest BCUT2D eigenvalue weighted by Gasteiger charge is 2.27. The average Bonchev–Trinajstić information content (AvgIpc) is 2.42. The van der Waals surface area contributed by atoms with Crippen LogP contribution < -0.4 is 5.73 Å². The van der Waals surface area contributed by atoms with E-state index >= 15 is 0 Å². The highest BCUT2D eigenvalue weighted by atomic mass is 35.5. The molecule has 3 nitrogen and oxygen atoms in total. The summed E-state index contributed by atoms with van der Waals surface area (Å²) < 4.78 is 18.4. The number of likely N-dealkylation sites (tertiary alicyclic amines) is 1. The lowest BCUT2D eigenvalue weighted by molar-refractivity contribution is 0.0102. The van der Waals surface area contributed by atoms with Crippen LogP contribution in [0.1, 0.15) is 18.4 Å². The standard InChI is InChI=1S/C14H20ClFN2O/c1-19-13-4-5-18(12(7-13)8-17)9-10-2-3-11(16)6-14(10)15/h2-3,6,12-13H,4-5,7-9,17H2,1H3. The summed E-state index contributed by atoms with van der Waals surface area (Å²) in [5.74, 6) is -0.304. The van der Waals surface area contributed by atoms with Crippen LogP contribution in [0.15, 0.2) is 18.2 Å². The van der Waals surface area contributed by atoms with E-state index in [2.05, 4.69) is 4.90 Å². The lowest BCUT2D eigenvalue weighted by Crippen LogP contribution is -2.48. The zero-order chi connectivity index (χ0) is 13.8. The van der Waals surface area contributed by atoms with Crippen molar-refractivity contribution in [2.75, 3.05) is 20.2 Å². The van der Waals surface area contributed by atoms with Crippen molar-refractivity contribution in [3.05, 3.63) is 34.6 Å². The molecule has 1 aromatic rings. The van der Waals surface area contributed by atoms with Crippen LogP contribution in [-0.2, 0) is 11.3 Å². The first-order valence-corrected chi connectivity index (χ1v) is 6.92. The predicted molar refractivity (Wildman–Crippen MR) is 74.7 cm³/mol. The van der Waals surface area contributed by atoms with E-state index in [4.69, 9.17) is 22.1 Å². The van der Waals surface area contributed by atoms with Crippen LogP contribution in [0.5, 0.6) is 0 Å². The van der Waals surface area contributed by atoms with Gasteiger partial charge in [-0.25, -0.2) is 4.39 Å². The molecule has 1 saturated heterocycles. The summed E-state index contributed by atoms with van der Waals surface area (Å²) in [4.78, 5) is 2.30. The third kappa shape index (κ3) is 3.66. The molecule has 1 heterocycles. The maximum atomic E-state index is 13.0. The quantitative estimate of drug-likeness (QED) is 0.924. The van der Waals surface area contributed by atoms with E-state index in [0.29, 0.717) is 24.2 Å². The number of methoxy groups -OCH3 is 1. The van der Waals surface area contributed by atoms with Crippen LogP contribution in [0.4, 0.5) is 4.39 Å². The molecule has 2 atom stereocenters. The predicted octanol–water partition coefficient (Wildman–Crippen LogP) is 2.42. The molecule has 1 aliphatic rings. The van der Waals surface area contributed by atoms with Crippen molar-refractivity contribution in [1.82, 2.24) is 4.90 Å². The van der Waals surface area contributed by atoms with Gasteiger partial charge in [0.25, 0.3) is 0 Å². The van der Waals surface area contributed by atoms with Gasteiger partial charge < -0.3 is 10.5 Å². The monoisotopic (exact) mass is 286 g/mol. The largest absolute Gasteiger partial charge is 0.381 e. The van der Waals surface area contributed by atoms with Crippen LogP contribution in [0, 0.1) is 5.82 Å². The molecule has 0 amide bonds. The highest BCUT2D eigenvalue weighted by Crippen LogP contribution is 2.24. The first-order valence-electron chi connectivity index (χ1n) is 6.55. The molecule has 0 aliphatic carbocycles. The van der Waals surface area contributed by atoms with Crippen molar-refractivity contribution < 1.29 is 9.13 Å². The van der Waals surface area contributed by atoms with E-state index in [-0.39, 0.29) is 11.9 Å². The van der Waals surface area contributed by atoms with E-state index in [1.54, 1.807) is 13.2 Å². The van der Waals surface area contributed by atoms with Gasteiger partial charge in [-0.05, 0) is 30.5 Å². The van der Waals surface area contributed by atoms with Gasteiger partial charge in [0.05, 0.1) is 6.10 Å². The third-order valence-corrected chi connectivity index (χ3v) is 4.14. The van der Waals surface area contributed by atoms with Crippen molar-refractivity contribution >= 4 is 11.6 Å². The zero-order valence-corrected chi connectivity index (χ0v) is 11.9. The van der Waals surface area contributed by atoms with Gasteiger partial charge in [-0.3, -0.25) is 4.90 Å². The van der Waals surface area contributed by atoms with Crippen LogP contribution in [0.2, 0.25) is 5.02 Å². The molecule has 0 spiro atoms. The summed E-state index contributed by atoms with van der Waals surface area (Å²) in [6.45, 7) is 2.23. The minimum Gasteiger partial charge on any atom is -0.381 e. The SMILES string of the molecule is COC1CCN(Cc2ccc(F)cc2Cl)C(CN)C1. The minimum absolute atomic E-state index is 0.286. The number of nitrogens with zero attached hydrogens (tertiary/aromatic N) is 1. The molecule has 2 rings (SSSR count). The summed E-state index contributed by atoms with van der Waals surface area (Å²) in [6.07, 6.45) is 2.21. The molecule has 0 radical (unpaired) electrons. The van der Waals surface area contributed by atoms with Gasteiger partial charge in [-0.15, -0.1) is 0 Å². The van der Waals surface area contributed by atoms with Gasteiger partial charge in [-0.2, -0.15) is 0 Å². The molecule has 106 valence electrons. The van der Waals surface area contributed by atoms with Crippen molar-refractivity contribution in [2.45, 2.75) is 31.5 Å². The van der Waals surface area contributed by atoms with Crippen molar-refractivity contribution in [3.63, 3.8) is 0 Å². The molecule has 0 bridgehead atoms. The molecule has 19 heavy (non-hydrogen) atoms. The van der Waals surface area contributed by atoms with Crippen LogP contribution >= 0.6 is 11.6 Å². The van der Waals surface area contributed by atoms with Crippen LogP contribution in [0.25, 0.3) is 0 Å². The topological polar surface area (TPSA) is 38.5 Å². The number of rotatable bonds is 4. The maximum Gasteiger partial charge on any atom is 0.124 e. The molecule has 1 aliphatic heterocycles. The van der Waals surface area contributed by atoms with Crippen LogP contribution in [-0.4, -0.2) is 37.2 Å². The molecular weight excluding hydrogens is 267 g/mol. The van der Waals surface area contributed by atoms with E-state index in [1.165, 1.54) is 12.1 Å². The van der Waals surface area contributed by atoms with E-state index < -0.39 is 0 Å². The Kier molecular flexibility index (Phi) is 5.16. The maximum absolute atomic E-state index is 13.0. The second kappa shape index (κ2) is 6.66. The Balaban J connectivity index is 2.05. The second-order valence-corrected chi connectivity index (χ2v) is 5.39. The Morgan fingerprint density at radius 2 is 2.32 bits per heavy atom. The molecule has 0 saturated carbocycles. The summed E-state index contributed by atoms with van der Waals surface area (Å²) >= 11 is 6.07. The lowest BCUT2D eigenvalue weighted by Gasteiger charge is -2.38. The van der Waals surface area contributed by atoms with Gasteiger partial charge >= 0.3 is 0 Å². The summed E-state index contributed by atoms with van der Waals surface area (Å²) in [5, 5.41) is 0.477. The van der Waals surface area contributed by atoms with E-state index in [9.17, 15) is 4.39 Å². The van der Waals surface area contributed by atoms with Gasteiger partial charge in [0, 0.05) is 37.8 Å². The van der Waals surface area contributed by atoms with Crippen LogP contribution in [0.3, 0.4) is 0 Å². The Labute approximate surface area is 118 Å². The van der Waals surface area contributed by atoms with Gasteiger partial charge in [-0.1, -0.05) is 17.7 Å². The molecular formula is C14H20ClFN2O. The van der Waals surface area contributed by atoms with Gasteiger partial charge in [0.15, 0.2) is 0 Å². The Morgan fingerprint density at radius 3 is 2.95 bits per heavy atom. The summed E-state index contributed by atoms with van der Waals surface area (Å²) in [7, 11) is 1.74. The fourth-order valence-corrected chi connectivity index (χ4v) is 2.83. The fourth-order valence-electron chi connectivity index (χ4n) is 2.60. The number of benzene rings is 1. The molecule has 1 fully saturated rings. The lowest BCUT2D eigenvalue weighted by atomic mass is 9.98. The Morgan fingerprint density at radius 1 is 1.53 bits per heavy atom. The highest BCUT2D eigenvalue weighted by molar-refractivity contribution is 6.31. The number of ether oxygens (including phenoxy) is 1. The zero-order valence-electron chi connectivity index (χ0n) is 11.1. The third-order valence-electron chi connectivity index (χ3n) is 3.78. The first kappa shape index (κ1) is 14.7. The number of hydrogen-bond donors (Lipinski definition) is 1. The normalized spacial score (nSPS) is 24.6. The molecule has 1 aromatic carbocycles. The average molecular weight is 287 g/mol. The second-order valence-electron chi connectivity index (χ2n) is 4.98. The van der Waals surface area contributed by atoms with Gasteiger partial charge in [0.1, 0.15) is 5.82 Å².